The van der Waals surface area contributed by atoms with Gasteiger partial charge in [0.25, 0.3) is 0 Å². The summed E-state index contributed by atoms with van der Waals surface area (Å²) in [6.07, 6.45) is 1.29. The number of benzene rings is 1. The standard InChI is InChI=1S/C27H28ClFN6O2/c1-6-22(36)33-12-17(3)34(13-16(33)2)25-19-11-20(28)23(18-9-7-8-10-21(18)29)31-24(19)35(26(37)32-25)15-27(4,5)14-30/h6-11,16-17H,1,12-13,15H2,2-5H3/t16-,17+/m1/s1. The third-order valence-electron chi connectivity index (χ3n) is 6.59. The Morgan fingerprint density at radius 3 is 2.62 bits per heavy atom. The number of carbonyl (C=O) groups is 1. The summed E-state index contributed by atoms with van der Waals surface area (Å²) in [4.78, 5) is 38.5. The third kappa shape index (κ3) is 4.94. The van der Waals surface area contributed by atoms with Gasteiger partial charge in [-0.1, -0.05) is 30.3 Å². The number of hydrogen-bond donors (Lipinski definition) is 0. The Morgan fingerprint density at radius 1 is 1.27 bits per heavy atom. The van der Waals surface area contributed by atoms with Crippen molar-refractivity contribution < 1.29 is 9.18 Å². The van der Waals surface area contributed by atoms with Crippen molar-refractivity contribution in [2.45, 2.75) is 46.3 Å². The molecule has 0 saturated carbocycles. The van der Waals surface area contributed by atoms with Gasteiger partial charge in [0.1, 0.15) is 17.3 Å². The first-order valence-electron chi connectivity index (χ1n) is 11.9. The summed E-state index contributed by atoms with van der Waals surface area (Å²) in [5.74, 6) is -0.280. The molecule has 0 aliphatic carbocycles. The molecule has 37 heavy (non-hydrogen) atoms. The van der Waals surface area contributed by atoms with Crippen LogP contribution in [0.3, 0.4) is 0 Å². The zero-order chi connectivity index (χ0) is 27.1. The first-order chi connectivity index (χ1) is 17.5. The molecule has 1 aliphatic heterocycles. The van der Waals surface area contributed by atoms with E-state index in [-0.39, 0.29) is 46.5 Å². The van der Waals surface area contributed by atoms with Gasteiger partial charge < -0.3 is 9.80 Å². The second kappa shape index (κ2) is 9.94. The van der Waals surface area contributed by atoms with Crippen LogP contribution in [0.15, 0.2) is 47.8 Å². The molecule has 10 heteroatoms. The minimum absolute atomic E-state index is 0.0328. The molecule has 192 valence electrons. The van der Waals surface area contributed by atoms with Gasteiger partial charge in [0.2, 0.25) is 5.91 Å². The molecule has 0 radical (unpaired) electrons. The maximum absolute atomic E-state index is 14.7. The van der Waals surface area contributed by atoms with Crippen LogP contribution in [-0.2, 0) is 11.3 Å². The highest BCUT2D eigenvalue weighted by Gasteiger charge is 2.34. The lowest BCUT2D eigenvalue weighted by Gasteiger charge is -2.44. The van der Waals surface area contributed by atoms with E-state index in [2.05, 4.69) is 22.6 Å². The fourth-order valence-electron chi connectivity index (χ4n) is 4.63. The van der Waals surface area contributed by atoms with Crippen molar-refractivity contribution >= 4 is 34.4 Å². The van der Waals surface area contributed by atoms with Crippen molar-refractivity contribution in [3.05, 3.63) is 64.3 Å². The largest absolute Gasteiger partial charge is 0.351 e. The summed E-state index contributed by atoms with van der Waals surface area (Å²) >= 11 is 6.64. The van der Waals surface area contributed by atoms with Crippen LogP contribution in [0.1, 0.15) is 27.7 Å². The molecule has 3 heterocycles. The molecule has 3 aromatic rings. The van der Waals surface area contributed by atoms with Gasteiger partial charge in [0.15, 0.2) is 0 Å². The van der Waals surface area contributed by atoms with Crippen LogP contribution in [0.25, 0.3) is 22.3 Å². The van der Waals surface area contributed by atoms with Gasteiger partial charge in [-0.15, -0.1) is 0 Å². The van der Waals surface area contributed by atoms with E-state index in [1.54, 1.807) is 43.0 Å². The Kier molecular flexibility index (Phi) is 7.07. The molecule has 1 fully saturated rings. The van der Waals surface area contributed by atoms with Crippen molar-refractivity contribution in [1.29, 1.82) is 5.26 Å². The Hall–Kier alpha value is -3.77. The lowest BCUT2D eigenvalue weighted by Crippen LogP contribution is -2.58. The Labute approximate surface area is 219 Å². The third-order valence-corrected chi connectivity index (χ3v) is 6.87. The highest BCUT2D eigenvalue weighted by atomic mass is 35.5. The van der Waals surface area contributed by atoms with Crippen molar-refractivity contribution in [2.24, 2.45) is 5.41 Å². The number of piperazine rings is 1. The number of carbonyl (C=O) groups excluding carboxylic acids is 1. The summed E-state index contributed by atoms with van der Waals surface area (Å²) in [5.41, 5.74) is -0.826. The zero-order valence-electron chi connectivity index (χ0n) is 21.2. The van der Waals surface area contributed by atoms with Crippen molar-refractivity contribution in [1.82, 2.24) is 19.4 Å². The van der Waals surface area contributed by atoms with E-state index in [1.165, 1.54) is 16.7 Å². The van der Waals surface area contributed by atoms with Crippen LogP contribution in [0.4, 0.5) is 10.2 Å². The molecule has 0 N–H and O–H groups in total. The van der Waals surface area contributed by atoms with E-state index in [0.29, 0.717) is 24.3 Å². The van der Waals surface area contributed by atoms with Gasteiger partial charge in [-0.3, -0.25) is 9.36 Å². The van der Waals surface area contributed by atoms with Gasteiger partial charge >= 0.3 is 5.69 Å². The Morgan fingerprint density at radius 2 is 1.97 bits per heavy atom. The number of halogens is 2. The number of pyridine rings is 1. The normalized spacial score (nSPS) is 18.1. The Bertz CT molecular complexity index is 1490. The number of anilines is 1. The van der Waals surface area contributed by atoms with Crippen LogP contribution in [-0.4, -0.2) is 50.5 Å². The highest BCUT2D eigenvalue weighted by Crippen LogP contribution is 2.35. The zero-order valence-corrected chi connectivity index (χ0v) is 22.0. The van der Waals surface area contributed by atoms with E-state index in [1.807, 2.05) is 18.7 Å². The maximum Gasteiger partial charge on any atom is 0.351 e. The van der Waals surface area contributed by atoms with Crippen molar-refractivity contribution in [2.75, 3.05) is 18.0 Å². The fraction of sp³-hybridized carbons (Fsp3) is 0.370. The minimum Gasteiger partial charge on any atom is -0.349 e. The van der Waals surface area contributed by atoms with Gasteiger partial charge in [0.05, 0.1) is 27.6 Å². The average molecular weight is 523 g/mol. The predicted molar refractivity (Wildman–Crippen MR) is 142 cm³/mol. The fourth-order valence-corrected chi connectivity index (χ4v) is 4.88. The predicted octanol–water partition coefficient (Wildman–Crippen LogP) is 4.41. The van der Waals surface area contributed by atoms with Gasteiger partial charge in [-0.05, 0) is 52.0 Å². The highest BCUT2D eigenvalue weighted by molar-refractivity contribution is 6.33. The number of nitrogens with zero attached hydrogens (tertiary/aromatic N) is 6. The van der Waals surface area contributed by atoms with E-state index in [9.17, 15) is 19.2 Å². The van der Waals surface area contributed by atoms with Crippen molar-refractivity contribution in [3.8, 4) is 17.3 Å². The number of amides is 1. The second-order valence-electron chi connectivity index (χ2n) is 10.0. The van der Waals surface area contributed by atoms with Crippen LogP contribution >= 0.6 is 11.6 Å². The molecule has 0 spiro atoms. The number of aromatic nitrogens is 3. The van der Waals surface area contributed by atoms with E-state index in [4.69, 9.17) is 11.6 Å². The summed E-state index contributed by atoms with van der Waals surface area (Å²) in [6.45, 7) is 11.7. The summed E-state index contributed by atoms with van der Waals surface area (Å²) < 4.78 is 16.0. The molecule has 2 aromatic heterocycles. The summed E-state index contributed by atoms with van der Waals surface area (Å²) in [5, 5.41) is 10.3. The smallest absolute Gasteiger partial charge is 0.349 e. The topological polar surface area (TPSA) is 95.1 Å². The number of rotatable bonds is 5. The molecule has 1 amide bonds. The van der Waals surface area contributed by atoms with E-state index in [0.717, 1.165) is 0 Å². The molecule has 1 saturated heterocycles. The minimum atomic E-state index is -0.891. The van der Waals surface area contributed by atoms with E-state index < -0.39 is 16.9 Å². The Balaban J connectivity index is 1.95. The van der Waals surface area contributed by atoms with Gasteiger partial charge in [0, 0.05) is 37.3 Å². The molecule has 1 aliphatic rings. The quantitative estimate of drug-likeness (QED) is 0.460. The maximum atomic E-state index is 14.7. The molecular weight excluding hydrogens is 495 g/mol. The first kappa shape index (κ1) is 26.3. The average Bonchev–Trinajstić information content (AvgIpc) is 2.86. The number of hydrogen-bond acceptors (Lipinski definition) is 6. The van der Waals surface area contributed by atoms with Crippen LogP contribution in [0, 0.1) is 22.6 Å². The monoisotopic (exact) mass is 522 g/mol. The molecule has 0 bridgehead atoms. The van der Waals surface area contributed by atoms with Gasteiger partial charge in [-0.25, -0.2) is 14.2 Å². The lowest BCUT2D eigenvalue weighted by atomic mass is 9.96. The molecule has 0 unspecified atom stereocenters. The SMILES string of the molecule is C=CC(=O)N1C[C@H](C)N(c2nc(=O)n(CC(C)(C)C#N)c3nc(-c4ccccc4F)c(Cl)cc23)C[C@H]1C. The molecule has 1 aromatic carbocycles. The molecule has 2 atom stereocenters. The van der Waals surface area contributed by atoms with Crippen molar-refractivity contribution in [3.63, 3.8) is 0 Å². The van der Waals surface area contributed by atoms with Crippen LogP contribution in [0.5, 0.6) is 0 Å². The van der Waals surface area contributed by atoms with E-state index >= 15 is 0 Å². The first-order valence-corrected chi connectivity index (χ1v) is 12.3. The summed E-state index contributed by atoms with van der Waals surface area (Å²) in [7, 11) is 0. The molecular formula is C27H28ClFN6O2. The van der Waals surface area contributed by atoms with Crippen LogP contribution < -0.4 is 10.6 Å². The summed E-state index contributed by atoms with van der Waals surface area (Å²) in [6, 6.07) is 9.63. The van der Waals surface area contributed by atoms with Crippen LogP contribution in [0.2, 0.25) is 5.02 Å². The lowest BCUT2D eigenvalue weighted by molar-refractivity contribution is -0.128. The number of nitriles is 1. The molecule has 4 rings (SSSR count). The van der Waals surface area contributed by atoms with Gasteiger partial charge in [-0.2, -0.15) is 10.2 Å². The second-order valence-corrected chi connectivity index (χ2v) is 10.4. The number of fused-ring (bicyclic) bond motifs is 1. The molecule has 8 nitrogen and oxygen atoms in total.